The molecule has 0 spiro atoms. The van der Waals surface area contributed by atoms with Gasteiger partial charge in [0.05, 0.1) is 17.4 Å². The molecule has 4 heterocycles. The van der Waals surface area contributed by atoms with Gasteiger partial charge >= 0.3 is 12.3 Å². The number of hydrogen-bond acceptors (Lipinski definition) is 11. The number of alkyl carbamates (subject to hydrolysis) is 1. The van der Waals surface area contributed by atoms with Crippen LogP contribution < -0.4 is 20.1 Å². The number of sulfonamides is 1. The number of nitrogens with one attached hydrogen (secondary N) is 3. The molecule has 19 heteroatoms. The number of aromatic nitrogens is 2. The SMILES string of the molecule is CC(C)(C)OC(=O)NC1CCCCC/C=C\C2CC2(C(=O)NS(=O)(=O)C2CC2)NC(=O)C2CC(Oc3nc(-c4ccc(C(F)(F)F)cc4)nc4c3oc3ccccc34)CN2C1=O. The van der Waals surface area contributed by atoms with Crippen molar-refractivity contribution in [3.63, 3.8) is 0 Å². The molecule has 4 amide bonds. The lowest BCUT2D eigenvalue weighted by Crippen LogP contribution is -2.58. The Hall–Kier alpha value is -5.72. The van der Waals surface area contributed by atoms with E-state index in [1.54, 1.807) is 45.0 Å². The standard InChI is InChI=1S/C43H47F3N6O9S/c1-41(2,3)61-40(56)47-30-13-8-6-4-5-7-11-26-22-42(26,39(55)51-62(57,58)28-19-20-28)50-36(53)31-21-27(23-52(31)38(30)54)59-37-34-33(29-12-9-10-14-32(29)60-34)48-35(49-37)24-15-17-25(18-16-24)43(44,45)46/h7,9-12,14-18,26-28,30-31H,4-6,8,13,19-23H2,1-3H3,(H,47,56)(H,50,53)(H,51,55)/b11-7-. The Bertz CT molecular complexity index is 2550. The van der Waals surface area contributed by atoms with Gasteiger partial charge in [-0.05, 0) is 83.6 Å². The molecule has 15 nitrogen and oxygen atoms in total. The molecule has 4 aliphatic rings. The summed E-state index contributed by atoms with van der Waals surface area (Å²) in [6.45, 7) is 4.85. The van der Waals surface area contributed by atoms with Gasteiger partial charge in [0.15, 0.2) is 5.82 Å². The smallest absolute Gasteiger partial charge is 0.416 e. The number of allylic oxidation sites excluding steroid dienone is 1. The zero-order valence-electron chi connectivity index (χ0n) is 34.3. The number of alkyl halides is 3. The zero-order valence-corrected chi connectivity index (χ0v) is 35.1. The van der Waals surface area contributed by atoms with Crippen LogP contribution in [0.3, 0.4) is 0 Å². The molecule has 0 bridgehead atoms. The van der Waals surface area contributed by atoms with Crippen molar-refractivity contribution in [1.29, 1.82) is 0 Å². The van der Waals surface area contributed by atoms with E-state index in [-0.39, 0.29) is 48.7 Å². The maximum absolute atomic E-state index is 14.7. The summed E-state index contributed by atoms with van der Waals surface area (Å²) in [7, 11) is -3.97. The van der Waals surface area contributed by atoms with Gasteiger partial charge in [-0.15, -0.1) is 0 Å². The Morgan fingerprint density at radius 1 is 0.984 bits per heavy atom. The van der Waals surface area contributed by atoms with Crippen LogP contribution in [0.4, 0.5) is 18.0 Å². The molecule has 5 unspecified atom stereocenters. The number of amides is 4. The Kier molecular flexibility index (Phi) is 11.2. The highest BCUT2D eigenvalue weighted by Gasteiger charge is 2.62. The Morgan fingerprint density at radius 2 is 1.73 bits per heavy atom. The zero-order chi connectivity index (χ0) is 44.2. The Labute approximate surface area is 355 Å². The van der Waals surface area contributed by atoms with Crippen LogP contribution >= 0.6 is 0 Å². The molecule has 3 N–H and O–H groups in total. The normalized spacial score (nSPS) is 25.5. The van der Waals surface area contributed by atoms with Crippen LogP contribution in [0.1, 0.15) is 84.1 Å². The van der Waals surface area contributed by atoms with E-state index in [0.29, 0.717) is 48.6 Å². The van der Waals surface area contributed by atoms with Gasteiger partial charge in [0.1, 0.15) is 40.4 Å². The van der Waals surface area contributed by atoms with Crippen molar-refractivity contribution < 1.29 is 54.7 Å². The van der Waals surface area contributed by atoms with E-state index in [9.17, 15) is 40.8 Å². The first kappa shape index (κ1) is 42.9. The maximum Gasteiger partial charge on any atom is 0.416 e. The van der Waals surface area contributed by atoms with Crippen LogP contribution in [0.15, 0.2) is 65.1 Å². The van der Waals surface area contributed by atoms with Crippen molar-refractivity contribution >= 4 is 55.9 Å². The van der Waals surface area contributed by atoms with Crippen LogP contribution in [0, 0.1) is 5.92 Å². The van der Waals surface area contributed by atoms with Gasteiger partial charge in [-0.3, -0.25) is 19.1 Å². The van der Waals surface area contributed by atoms with Crippen molar-refractivity contribution in [2.45, 2.75) is 119 Å². The number of carbonyl (C=O) groups excluding carboxylic acids is 4. The summed E-state index contributed by atoms with van der Waals surface area (Å²) < 4.78 is 86.6. The van der Waals surface area contributed by atoms with Gasteiger partial charge in [0, 0.05) is 23.3 Å². The van der Waals surface area contributed by atoms with E-state index < -0.39 is 86.1 Å². The predicted octanol–water partition coefficient (Wildman–Crippen LogP) is 6.31. The number of hydrogen-bond donors (Lipinski definition) is 3. The fourth-order valence-corrected chi connectivity index (χ4v) is 9.40. The highest BCUT2D eigenvalue weighted by atomic mass is 32.2. The number of nitrogens with zero attached hydrogens (tertiary/aromatic N) is 3. The first-order valence-electron chi connectivity index (χ1n) is 20.7. The van der Waals surface area contributed by atoms with Crippen LogP contribution in [0.25, 0.3) is 33.5 Å². The quantitative estimate of drug-likeness (QED) is 0.176. The van der Waals surface area contributed by atoms with E-state index >= 15 is 0 Å². The monoisotopic (exact) mass is 880 g/mol. The summed E-state index contributed by atoms with van der Waals surface area (Å²) in [6.07, 6.45) is 0.971. The molecule has 3 fully saturated rings. The second kappa shape index (κ2) is 16.2. The number of rotatable bonds is 7. The predicted molar refractivity (Wildman–Crippen MR) is 219 cm³/mol. The molecule has 2 aromatic carbocycles. The number of fused-ring (bicyclic) bond motifs is 5. The number of ether oxygens (including phenoxy) is 2. The fourth-order valence-electron chi connectivity index (χ4n) is 8.04. The van der Waals surface area contributed by atoms with Crippen LogP contribution in [-0.4, -0.2) is 88.2 Å². The van der Waals surface area contributed by atoms with Crippen LogP contribution in [0.5, 0.6) is 5.88 Å². The van der Waals surface area contributed by atoms with E-state index in [1.165, 1.54) is 17.0 Å². The van der Waals surface area contributed by atoms with Gasteiger partial charge in [0.2, 0.25) is 27.4 Å². The largest absolute Gasteiger partial charge is 0.470 e. The topological polar surface area (TPSA) is 199 Å². The van der Waals surface area contributed by atoms with Gasteiger partial charge in [0.25, 0.3) is 11.8 Å². The summed E-state index contributed by atoms with van der Waals surface area (Å²) in [6, 6.07) is 8.88. The average Bonchev–Trinajstić information content (AvgIpc) is 4.10. The summed E-state index contributed by atoms with van der Waals surface area (Å²) >= 11 is 0. The summed E-state index contributed by atoms with van der Waals surface area (Å²) in [5.74, 6) is -2.81. The van der Waals surface area contributed by atoms with Crippen molar-refractivity contribution in [2.24, 2.45) is 5.92 Å². The average molecular weight is 881 g/mol. The molecule has 2 aliphatic carbocycles. The molecule has 2 aromatic heterocycles. The van der Waals surface area contributed by atoms with E-state index in [2.05, 4.69) is 25.3 Å². The number of halogens is 3. The highest BCUT2D eigenvalue weighted by Crippen LogP contribution is 2.46. The molecular weight excluding hydrogens is 834 g/mol. The van der Waals surface area contributed by atoms with Gasteiger partial charge in [-0.1, -0.05) is 49.3 Å². The Balaban J connectivity index is 1.15. The third-order valence-electron chi connectivity index (χ3n) is 11.5. The van der Waals surface area contributed by atoms with Gasteiger partial charge in [-0.25, -0.2) is 18.2 Å². The molecule has 330 valence electrons. The van der Waals surface area contributed by atoms with Gasteiger partial charge < -0.3 is 29.4 Å². The minimum Gasteiger partial charge on any atom is -0.470 e. The highest BCUT2D eigenvalue weighted by molar-refractivity contribution is 7.91. The second-order valence-electron chi connectivity index (χ2n) is 17.4. The lowest BCUT2D eigenvalue weighted by atomic mass is 10.0. The summed E-state index contributed by atoms with van der Waals surface area (Å²) in [5.41, 5.74) is -2.24. The summed E-state index contributed by atoms with van der Waals surface area (Å²) in [5, 5.41) is 5.40. The molecule has 1 saturated heterocycles. The second-order valence-corrected chi connectivity index (χ2v) is 19.4. The van der Waals surface area contributed by atoms with Crippen molar-refractivity contribution in [3.8, 4) is 17.3 Å². The number of furan rings is 1. The summed E-state index contributed by atoms with van der Waals surface area (Å²) in [4.78, 5) is 66.7. The lowest BCUT2D eigenvalue weighted by Gasteiger charge is -2.30. The van der Waals surface area contributed by atoms with Gasteiger partial charge in [-0.2, -0.15) is 18.2 Å². The minimum atomic E-state index is -4.57. The molecule has 4 aromatic rings. The van der Waals surface area contributed by atoms with Crippen molar-refractivity contribution in [1.82, 2.24) is 30.2 Å². The molecule has 0 radical (unpaired) electrons. The molecule has 2 aliphatic heterocycles. The lowest BCUT2D eigenvalue weighted by molar-refractivity contribution is -0.141. The van der Waals surface area contributed by atoms with E-state index in [1.807, 2.05) is 12.2 Å². The minimum absolute atomic E-state index is 0.0259. The third-order valence-corrected chi connectivity index (χ3v) is 13.3. The third kappa shape index (κ3) is 9.08. The number of para-hydroxylation sites is 1. The molecule has 62 heavy (non-hydrogen) atoms. The number of benzene rings is 2. The van der Waals surface area contributed by atoms with Crippen molar-refractivity contribution in [2.75, 3.05) is 6.54 Å². The molecule has 2 saturated carbocycles. The first-order valence-corrected chi connectivity index (χ1v) is 22.2. The molecular formula is C43H47F3N6O9S. The van der Waals surface area contributed by atoms with E-state index in [4.69, 9.17) is 13.9 Å². The molecule has 8 rings (SSSR count). The first-order chi connectivity index (χ1) is 29.3. The molecule has 5 atom stereocenters. The maximum atomic E-state index is 14.7. The fraction of sp³-hybridized carbons (Fsp3) is 0.488. The van der Waals surface area contributed by atoms with Crippen LogP contribution in [0.2, 0.25) is 0 Å². The van der Waals surface area contributed by atoms with E-state index in [0.717, 1.165) is 18.6 Å². The van der Waals surface area contributed by atoms with Crippen molar-refractivity contribution in [3.05, 3.63) is 66.2 Å². The Morgan fingerprint density at radius 3 is 2.44 bits per heavy atom. The van der Waals surface area contributed by atoms with Crippen LogP contribution in [-0.2, 0) is 35.3 Å². The number of carbonyl (C=O) groups is 4.